The van der Waals surface area contributed by atoms with Crippen molar-refractivity contribution in [3.05, 3.63) is 18.4 Å². The molecule has 1 fully saturated rings. The van der Waals surface area contributed by atoms with E-state index >= 15 is 0 Å². The smallest absolute Gasteiger partial charge is 0.320 e. The summed E-state index contributed by atoms with van der Waals surface area (Å²) in [5.74, 6) is 1.15. The number of aromatic nitrogens is 2. The Morgan fingerprint density at radius 3 is 2.70 bits per heavy atom. The van der Waals surface area contributed by atoms with E-state index in [0.29, 0.717) is 37.4 Å². The van der Waals surface area contributed by atoms with E-state index in [4.69, 9.17) is 18.6 Å². The van der Waals surface area contributed by atoms with Crippen LogP contribution in [0.2, 0.25) is 18.1 Å². The van der Waals surface area contributed by atoms with Crippen LogP contribution in [-0.4, -0.2) is 43.7 Å². The fourth-order valence-electron chi connectivity index (χ4n) is 3.23. The van der Waals surface area contributed by atoms with Crippen molar-refractivity contribution in [3.8, 4) is 11.9 Å². The Bertz CT molecular complexity index is 667. The van der Waals surface area contributed by atoms with E-state index in [9.17, 15) is 0 Å². The van der Waals surface area contributed by atoms with Crippen LogP contribution >= 0.6 is 0 Å². The van der Waals surface area contributed by atoms with E-state index in [-0.39, 0.29) is 17.2 Å². The number of ether oxygens (including phenoxy) is 3. The van der Waals surface area contributed by atoms with Gasteiger partial charge in [0, 0.05) is 11.8 Å². The number of hydrogen-bond acceptors (Lipinski definition) is 6. The Morgan fingerprint density at radius 2 is 2.03 bits per heavy atom. The lowest BCUT2D eigenvalue weighted by molar-refractivity contribution is 0.0263. The summed E-state index contributed by atoms with van der Waals surface area (Å²) in [4.78, 5) is 8.82. The molecule has 0 amide bonds. The largest absolute Gasteiger partial charge is 0.477 e. The lowest BCUT2D eigenvalue weighted by Crippen LogP contribution is -2.47. The van der Waals surface area contributed by atoms with Crippen molar-refractivity contribution in [2.45, 2.75) is 97.6 Å². The molecular weight excluding hydrogens is 396 g/mol. The van der Waals surface area contributed by atoms with Gasteiger partial charge in [-0.05, 0) is 37.4 Å². The van der Waals surface area contributed by atoms with Gasteiger partial charge in [-0.3, -0.25) is 0 Å². The summed E-state index contributed by atoms with van der Waals surface area (Å²) in [6.45, 7) is 20.8. The zero-order chi connectivity index (χ0) is 22.4. The number of nitrogens with zero attached hydrogens (tertiary/aromatic N) is 2. The molecule has 2 atom stereocenters. The second-order valence-electron chi connectivity index (χ2n) is 9.63. The molecule has 0 aromatic carbocycles. The van der Waals surface area contributed by atoms with Gasteiger partial charge in [-0.2, -0.15) is 9.72 Å². The maximum absolute atomic E-state index is 6.47. The number of unbranched alkanes of at least 4 members (excludes halogenated alkanes) is 2. The Hall–Kier alpha value is -1.31. The van der Waals surface area contributed by atoms with Crippen molar-refractivity contribution in [2.75, 3.05) is 13.2 Å². The van der Waals surface area contributed by atoms with Crippen LogP contribution in [0, 0.1) is 19.4 Å². The first-order valence-corrected chi connectivity index (χ1v) is 14.2. The molecule has 0 N–H and O–H groups in total. The van der Waals surface area contributed by atoms with Crippen molar-refractivity contribution < 1.29 is 18.6 Å². The van der Waals surface area contributed by atoms with Gasteiger partial charge in [-0.15, -0.1) is 0 Å². The maximum Gasteiger partial charge on any atom is 0.320 e. The molecule has 0 unspecified atom stereocenters. The quantitative estimate of drug-likeness (QED) is 0.237. The summed E-state index contributed by atoms with van der Waals surface area (Å²) in [7, 11) is -1.92. The maximum atomic E-state index is 6.47. The minimum Gasteiger partial charge on any atom is -0.477 e. The first kappa shape index (κ1) is 25.0. The minimum absolute atomic E-state index is 0.154. The summed E-state index contributed by atoms with van der Waals surface area (Å²) >= 11 is 0. The Labute approximate surface area is 184 Å². The predicted octanol–water partition coefficient (Wildman–Crippen LogP) is 5.71. The summed E-state index contributed by atoms with van der Waals surface area (Å²) < 4.78 is 24.2. The highest BCUT2D eigenvalue weighted by Gasteiger charge is 2.46. The van der Waals surface area contributed by atoms with E-state index in [2.05, 4.69) is 57.7 Å². The lowest BCUT2D eigenvalue weighted by atomic mass is 9.99. The van der Waals surface area contributed by atoms with Crippen LogP contribution in [0.4, 0.5) is 0 Å². The number of aryl methyl sites for hydroxylation is 1. The van der Waals surface area contributed by atoms with Crippen molar-refractivity contribution >= 4 is 8.32 Å². The first-order chi connectivity index (χ1) is 14.1. The average molecular weight is 438 g/mol. The van der Waals surface area contributed by atoms with Crippen LogP contribution in [0.5, 0.6) is 11.9 Å². The summed E-state index contributed by atoms with van der Waals surface area (Å²) in [6, 6.07) is 0.332. The third kappa shape index (κ3) is 6.34. The molecule has 1 aliphatic heterocycles. The summed E-state index contributed by atoms with van der Waals surface area (Å²) in [5.41, 5.74) is 0.914. The molecule has 1 saturated heterocycles. The van der Waals surface area contributed by atoms with E-state index in [1.54, 1.807) is 12.8 Å². The second-order valence-corrected chi connectivity index (χ2v) is 14.2. The molecule has 1 aliphatic rings. The van der Waals surface area contributed by atoms with Gasteiger partial charge in [0.15, 0.2) is 26.9 Å². The topological polar surface area (TPSA) is 62.7 Å². The van der Waals surface area contributed by atoms with E-state index in [1.807, 2.05) is 6.92 Å². The molecule has 30 heavy (non-hydrogen) atoms. The fourth-order valence-corrected chi connectivity index (χ4v) is 5.57. The second kappa shape index (κ2) is 10.8. The molecule has 1 aromatic rings. The Kier molecular flexibility index (Phi) is 9.00. The van der Waals surface area contributed by atoms with Gasteiger partial charge in [0.2, 0.25) is 12.5 Å². The zero-order valence-electron chi connectivity index (χ0n) is 20.2. The SMILES string of the molecule is CCCCCOc1nc(O[C@@H]2C[CH+]O[C@@H]2CO[Si](C)(C)C(C)(C)C(C)C)ncc1C. The zero-order valence-corrected chi connectivity index (χ0v) is 21.2. The molecule has 0 aliphatic carbocycles. The lowest BCUT2D eigenvalue weighted by Gasteiger charge is -2.42. The van der Waals surface area contributed by atoms with Gasteiger partial charge in [-0.25, -0.2) is 4.98 Å². The molecule has 6 nitrogen and oxygen atoms in total. The first-order valence-electron chi connectivity index (χ1n) is 11.3. The third-order valence-corrected chi connectivity index (χ3v) is 11.3. The van der Waals surface area contributed by atoms with Crippen LogP contribution in [-0.2, 0) is 9.16 Å². The molecule has 1 aromatic heterocycles. The van der Waals surface area contributed by atoms with Crippen LogP contribution in [0.15, 0.2) is 6.20 Å². The Morgan fingerprint density at radius 1 is 1.30 bits per heavy atom. The standard InChI is InChI=1S/C23H41N2O4Si/c1-9-10-11-13-27-21-18(4)15-24-22(25-21)29-19-12-14-26-20(19)16-28-30(7,8)23(5,6)17(2)3/h14-15,17,19-20H,9-13,16H2,1-8H3/q+1/t19-,20-/m1/s1. The van der Waals surface area contributed by atoms with Gasteiger partial charge in [0.05, 0.1) is 13.2 Å². The summed E-state index contributed by atoms with van der Waals surface area (Å²) in [5, 5.41) is 0.162. The molecule has 0 radical (unpaired) electrons. The number of hydrogen-bond donors (Lipinski definition) is 0. The molecular formula is C23H41N2O4Si+. The van der Waals surface area contributed by atoms with Crippen LogP contribution < -0.4 is 9.47 Å². The highest BCUT2D eigenvalue weighted by atomic mass is 28.4. The van der Waals surface area contributed by atoms with Crippen molar-refractivity contribution in [2.24, 2.45) is 5.92 Å². The van der Waals surface area contributed by atoms with Crippen LogP contribution in [0.1, 0.15) is 65.9 Å². The Balaban J connectivity index is 1.96. The van der Waals surface area contributed by atoms with E-state index < -0.39 is 8.32 Å². The molecule has 0 bridgehead atoms. The van der Waals surface area contributed by atoms with Gasteiger partial charge in [0.1, 0.15) is 0 Å². The third-order valence-electron chi connectivity index (χ3n) is 6.76. The molecule has 7 heteroatoms. The van der Waals surface area contributed by atoms with Crippen molar-refractivity contribution in [1.29, 1.82) is 0 Å². The van der Waals surface area contributed by atoms with Gasteiger partial charge < -0.3 is 13.9 Å². The van der Waals surface area contributed by atoms with Crippen LogP contribution in [0.3, 0.4) is 0 Å². The predicted molar refractivity (Wildman–Crippen MR) is 122 cm³/mol. The fraction of sp³-hybridized carbons (Fsp3) is 0.783. The molecule has 0 spiro atoms. The highest BCUT2D eigenvalue weighted by molar-refractivity contribution is 6.74. The van der Waals surface area contributed by atoms with Crippen molar-refractivity contribution in [3.63, 3.8) is 0 Å². The average Bonchev–Trinajstić information content (AvgIpc) is 3.12. The molecule has 0 saturated carbocycles. The van der Waals surface area contributed by atoms with Gasteiger partial charge in [-0.1, -0.05) is 47.5 Å². The van der Waals surface area contributed by atoms with Crippen LogP contribution in [0.25, 0.3) is 0 Å². The number of rotatable bonds is 12. The normalized spacial score (nSPS) is 19.8. The monoisotopic (exact) mass is 437 g/mol. The van der Waals surface area contributed by atoms with E-state index in [1.165, 1.54) is 0 Å². The van der Waals surface area contributed by atoms with Gasteiger partial charge >= 0.3 is 6.01 Å². The summed E-state index contributed by atoms with van der Waals surface area (Å²) in [6.07, 6.45) is 5.46. The molecule has 2 heterocycles. The highest BCUT2D eigenvalue weighted by Crippen LogP contribution is 2.44. The minimum atomic E-state index is -1.92. The molecule has 170 valence electrons. The van der Waals surface area contributed by atoms with E-state index in [0.717, 1.165) is 24.8 Å². The van der Waals surface area contributed by atoms with Crippen molar-refractivity contribution in [1.82, 2.24) is 9.97 Å². The van der Waals surface area contributed by atoms with Gasteiger partial charge in [0.25, 0.3) is 0 Å². The molecule has 2 rings (SSSR count).